The lowest BCUT2D eigenvalue weighted by molar-refractivity contribution is -0.883. The number of halogens is 1. The first-order valence-electron chi connectivity index (χ1n) is 13.8. The second-order valence-corrected chi connectivity index (χ2v) is 11.6. The standard InChI is InChI=1S/C30H33N5O6S.CH3Cl/c1-18(2)26(31-19(3)13-28(36)34-11-9-33(4)10-12-34)16-24-23-15-22(7-8-25(23)32-29(24)37)42-17-21-6-5-20(30(38)39)14-27(21)35(40)41;1-2/h5-8,13-16,31H,9-12,17H2,1-4H3,(H,32,37)(H,38,39);1H3/p+1/b19-13+,24-16-;. The zero-order valence-electron chi connectivity index (χ0n) is 25.3. The predicted molar refractivity (Wildman–Crippen MR) is 173 cm³/mol. The molecule has 1 saturated heterocycles. The highest BCUT2D eigenvalue weighted by Gasteiger charge is 2.26. The number of carboxylic acid groups (broad SMARTS) is 1. The summed E-state index contributed by atoms with van der Waals surface area (Å²) in [7, 11) is 2.12. The number of amides is 2. The first kappa shape index (κ1) is 34.4. The minimum atomic E-state index is -1.23. The Morgan fingerprint density at radius 1 is 1.16 bits per heavy atom. The lowest BCUT2D eigenvalue weighted by atomic mass is 10.0. The van der Waals surface area contributed by atoms with E-state index in [0.717, 1.165) is 29.6 Å². The molecule has 2 aliphatic rings. The van der Waals surface area contributed by atoms with Crippen molar-refractivity contribution >= 4 is 58.1 Å². The molecule has 2 aliphatic heterocycles. The number of thioether (sulfide) groups is 1. The van der Waals surface area contributed by atoms with Gasteiger partial charge in [0.25, 0.3) is 11.6 Å². The number of quaternary nitrogens is 1. The third-order valence-corrected chi connectivity index (χ3v) is 8.17. The summed E-state index contributed by atoms with van der Waals surface area (Å²) in [5, 5.41) is 26.9. The van der Waals surface area contributed by atoms with Gasteiger partial charge in [-0.3, -0.25) is 19.7 Å². The van der Waals surface area contributed by atoms with Crippen molar-refractivity contribution in [3.8, 4) is 0 Å². The fourth-order valence-corrected chi connectivity index (χ4v) is 5.57. The fraction of sp³-hybridized carbons (Fsp3) is 0.323. The van der Waals surface area contributed by atoms with E-state index in [2.05, 4.69) is 29.3 Å². The van der Waals surface area contributed by atoms with Gasteiger partial charge in [0.1, 0.15) is 0 Å². The van der Waals surface area contributed by atoms with Crippen LogP contribution in [0.2, 0.25) is 0 Å². The van der Waals surface area contributed by atoms with Gasteiger partial charge in [-0.1, -0.05) is 11.6 Å². The Morgan fingerprint density at radius 2 is 1.84 bits per heavy atom. The van der Waals surface area contributed by atoms with Gasteiger partial charge in [-0.2, -0.15) is 0 Å². The van der Waals surface area contributed by atoms with E-state index >= 15 is 0 Å². The van der Waals surface area contributed by atoms with Crippen molar-refractivity contribution in [2.24, 2.45) is 0 Å². The molecule has 2 heterocycles. The third-order valence-electron chi connectivity index (χ3n) is 7.13. The number of carboxylic acids is 1. The minimum Gasteiger partial charge on any atom is -0.478 e. The lowest BCUT2D eigenvalue weighted by Crippen LogP contribution is -3.12. The van der Waals surface area contributed by atoms with Gasteiger partial charge in [0.15, 0.2) is 0 Å². The molecule has 0 radical (unpaired) electrons. The van der Waals surface area contributed by atoms with E-state index in [1.54, 1.807) is 18.2 Å². The normalized spacial score (nSPS) is 15.6. The van der Waals surface area contributed by atoms with E-state index in [9.17, 15) is 29.6 Å². The average molecular weight is 643 g/mol. The van der Waals surface area contributed by atoms with Crippen LogP contribution in [-0.4, -0.2) is 72.3 Å². The summed E-state index contributed by atoms with van der Waals surface area (Å²) in [6.07, 6.45) is 4.82. The number of anilines is 1. The number of carbonyl (C=O) groups is 3. The molecule has 4 rings (SSSR count). The maximum Gasteiger partial charge on any atom is 0.335 e. The van der Waals surface area contributed by atoms with Crippen molar-refractivity contribution in [2.45, 2.75) is 31.4 Å². The number of hydrogen-bond donors (Lipinski definition) is 4. The number of nitro benzene ring substituents is 1. The van der Waals surface area contributed by atoms with Gasteiger partial charge in [-0.05, 0) is 51.1 Å². The SMILES string of the molecule is CC(C)=C(/C=C1\C(=O)Nc2ccc(SCc3ccc(C(=O)O)cc3[N+](=O)[O-])cc21)N/C(C)=C/C(=O)N1CC[NH+](C)CC1.CCl. The number of rotatable bonds is 9. The second-order valence-electron chi connectivity index (χ2n) is 10.6. The number of nitro groups is 1. The zero-order chi connectivity index (χ0) is 32.6. The summed E-state index contributed by atoms with van der Waals surface area (Å²) in [6, 6.07) is 9.33. The first-order chi connectivity index (χ1) is 20.9. The molecule has 44 heavy (non-hydrogen) atoms. The number of piperazine rings is 1. The van der Waals surface area contributed by atoms with Crippen molar-refractivity contribution in [1.29, 1.82) is 0 Å². The van der Waals surface area contributed by atoms with Crippen LogP contribution < -0.4 is 15.5 Å². The summed E-state index contributed by atoms with van der Waals surface area (Å²) in [6.45, 7) is 8.92. The van der Waals surface area contributed by atoms with Crippen LogP contribution in [0, 0.1) is 10.1 Å². The monoisotopic (exact) mass is 642 g/mol. The van der Waals surface area contributed by atoms with Crippen LogP contribution in [0.4, 0.5) is 11.4 Å². The highest BCUT2D eigenvalue weighted by atomic mass is 35.5. The maximum absolute atomic E-state index is 12.9. The number of likely N-dealkylation sites (N-methyl/N-ethyl adjacent to an activating group) is 1. The van der Waals surface area contributed by atoms with Gasteiger partial charge in [0.05, 0.1) is 49.3 Å². The van der Waals surface area contributed by atoms with Gasteiger partial charge in [-0.15, -0.1) is 23.4 Å². The summed E-state index contributed by atoms with van der Waals surface area (Å²) in [5.74, 6) is -1.30. The smallest absolute Gasteiger partial charge is 0.335 e. The Morgan fingerprint density at radius 3 is 2.45 bits per heavy atom. The molecule has 2 aromatic carbocycles. The van der Waals surface area contributed by atoms with Crippen LogP contribution in [0.1, 0.15) is 42.3 Å². The molecule has 234 valence electrons. The molecule has 2 aromatic rings. The molecule has 0 bridgehead atoms. The molecule has 0 atom stereocenters. The molecule has 13 heteroatoms. The number of aromatic carboxylic acids is 1. The Bertz CT molecular complexity index is 1540. The molecule has 0 unspecified atom stereocenters. The van der Waals surface area contributed by atoms with Crippen molar-refractivity contribution in [1.82, 2.24) is 10.2 Å². The molecular weight excluding hydrogens is 606 g/mol. The summed E-state index contributed by atoms with van der Waals surface area (Å²) < 4.78 is 0. The van der Waals surface area contributed by atoms with E-state index in [1.807, 2.05) is 37.8 Å². The van der Waals surface area contributed by atoms with Gasteiger partial charge < -0.3 is 25.5 Å². The second kappa shape index (κ2) is 15.6. The molecule has 4 N–H and O–H groups in total. The summed E-state index contributed by atoms with van der Waals surface area (Å²) in [4.78, 5) is 51.9. The minimum absolute atomic E-state index is 0.0447. The van der Waals surface area contributed by atoms with Crippen molar-refractivity contribution < 1.29 is 29.3 Å². The molecule has 0 spiro atoms. The van der Waals surface area contributed by atoms with Crippen LogP contribution in [0.15, 0.2) is 70.4 Å². The number of fused-ring (bicyclic) bond motifs is 1. The highest BCUT2D eigenvalue weighted by Crippen LogP contribution is 2.37. The van der Waals surface area contributed by atoms with Crippen LogP contribution in [0.5, 0.6) is 0 Å². The fourth-order valence-electron chi connectivity index (χ4n) is 4.63. The zero-order valence-corrected chi connectivity index (χ0v) is 26.9. The van der Waals surface area contributed by atoms with Crippen molar-refractivity contribution in [3.05, 3.63) is 92.3 Å². The summed E-state index contributed by atoms with van der Waals surface area (Å²) in [5.41, 5.74) is 4.08. The van der Waals surface area contributed by atoms with E-state index < -0.39 is 10.9 Å². The number of nitrogens with one attached hydrogen (secondary N) is 3. The van der Waals surface area contributed by atoms with Crippen LogP contribution >= 0.6 is 23.4 Å². The number of nitrogens with zero attached hydrogens (tertiary/aromatic N) is 2. The average Bonchev–Trinajstić information content (AvgIpc) is 3.30. The van der Waals surface area contributed by atoms with Crippen LogP contribution in [-0.2, 0) is 15.3 Å². The van der Waals surface area contributed by atoms with Gasteiger partial charge in [0.2, 0.25) is 5.91 Å². The van der Waals surface area contributed by atoms with Crippen LogP contribution in [0.25, 0.3) is 5.57 Å². The molecular formula is C31H37ClN5O6S+. The number of hydrogen-bond acceptors (Lipinski definition) is 7. The van der Waals surface area contributed by atoms with E-state index in [0.29, 0.717) is 46.9 Å². The predicted octanol–water partition coefficient (Wildman–Crippen LogP) is 3.92. The van der Waals surface area contributed by atoms with Crippen molar-refractivity contribution in [2.75, 3.05) is 44.9 Å². The molecule has 1 fully saturated rings. The van der Waals surface area contributed by atoms with Crippen LogP contribution in [0.3, 0.4) is 0 Å². The molecule has 2 amide bonds. The Labute approximate surface area is 265 Å². The number of carbonyl (C=O) groups excluding carboxylic acids is 2. The highest BCUT2D eigenvalue weighted by molar-refractivity contribution is 7.98. The quantitative estimate of drug-likeness (QED) is 0.106. The third kappa shape index (κ3) is 8.71. The molecule has 0 aromatic heterocycles. The largest absolute Gasteiger partial charge is 0.478 e. The molecule has 11 nitrogen and oxygen atoms in total. The lowest BCUT2D eigenvalue weighted by Gasteiger charge is -2.29. The van der Waals surface area contributed by atoms with E-state index in [-0.39, 0.29) is 28.8 Å². The van der Waals surface area contributed by atoms with Gasteiger partial charge >= 0.3 is 5.97 Å². The topological polar surface area (TPSA) is 146 Å². The van der Waals surface area contributed by atoms with E-state index in [1.165, 1.54) is 35.2 Å². The number of benzene rings is 2. The number of allylic oxidation sites excluding steroid dienone is 3. The van der Waals surface area contributed by atoms with Crippen molar-refractivity contribution in [3.63, 3.8) is 0 Å². The Hall–Kier alpha value is -4.13. The van der Waals surface area contributed by atoms with Gasteiger partial charge in [0, 0.05) is 57.4 Å². The first-order valence-corrected chi connectivity index (χ1v) is 15.6. The Kier molecular flexibility index (Phi) is 12.1. The van der Waals surface area contributed by atoms with E-state index in [4.69, 9.17) is 0 Å². The molecule has 0 saturated carbocycles. The Balaban J connectivity index is 0.00000259. The number of alkyl halides is 1. The molecule has 0 aliphatic carbocycles. The van der Waals surface area contributed by atoms with Gasteiger partial charge in [-0.25, -0.2) is 4.79 Å². The maximum atomic E-state index is 12.9. The summed E-state index contributed by atoms with van der Waals surface area (Å²) >= 11 is 5.99.